The van der Waals surface area contributed by atoms with E-state index < -0.39 is 0 Å². The molecule has 0 spiro atoms. The maximum Gasteiger partial charge on any atom is 0.190 e. The number of ether oxygens (including phenoxy) is 2. The Balaban J connectivity index is 2.32. The highest BCUT2D eigenvalue weighted by atomic mass is 35.5. The molecule has 22 heavy (non-hydrogen) atoms. The molecule has 4 nitrogen and oxygen atoms in total. The van der Waals surface area contributed by atoms with Gasteiger partial charge in [-0.2, -0.15) is 0 Å². The Morgan fingerprint density at radius 2 is 1.00 bits per heavy atom. The summed E-state index contributed by atoms with van der Waals surface area (Å²) in [5.74, 6) is 0.620. The second kappa shape index (κ2) is 5.01. The van der Waals surface area contributed by atoms with Gasteiger partial charge < -0.3 is 19.7 Å². The fourth-order valence-corrected chi connectivity index (χ4v) is 2.98. The molecule has 0 radical (unpaired) electrons. The van der Waals surface area contributed by atoms with E-state index in [1.165, 1.54) is 0 Å². The molecular weight excluding hydrogens is 351 g/mol. The summed E-state index contributed by atoms with van der Waals surface area (Å²) in [5.41, 5.74) is 1.26. The van der Waals surface area contributed by atoms with Gasteiger partial charge in [-0.3, -0.25) is 0 Å². The Bertz CT molecular complexity index is 696. The van der Waals surface area contributed by atoms with Gasteiger partial charge in [-0.25, -0.2) is 0 Å². The lowest BCUT2D eigenvalue weighted by Gasteiger charge is -2.27. The van der Waals surface area contributed by atoms with Crippen molar-refractivity contribution in [1.29, 1.82) is 0 Å². The van der Waals surface area contributed by atoms with Crippen molar-refractivity contribution in [1.82, 2.24) is 0 Å². The van der Waals surface area contributed by atoms with Crippen LogP contribution in [0.25, 0.3) is 0 Å². The van der Waals surface area contributed by atoms with Crippen LogP contribution in [-0.2, 0) is 0 Å². The van der Waals surface area contributed by atoms with Crippen LogP contribution in [0.5, 0.6) is 34.5 Å². The molecule has 3 rings (SSSR count). The summed E-state index contributed by atoms with van der Waals surface area (Å²) in [6.07, 6.45) is 0. The molecule has 0 aromatic heterocycles. The first-order chi connectivity index (χ1) is 10.3. The van der Waals surface area contributed by atoms with Crippen LogP contribution in [0.2, 0.25) is 15.1 Å². The van der Waals surface area contributed by atoms with Gasteiger partial charge in [0, 0.05) is 16.7 Å². The summed E-state index contributed by atoms with van der Waals surface area (Å²) in [7, 11) is 0. The molecule has 2 aromatic rings. The van der Waals surface area contributed by atoms with Gasteiger partial charge in [0.2, 0.25) is 0 Å². The quantitative estimate of drug-likeness (QED) is 0.388. The molecule has 2 N–H and O–H groups in total. The van der Waals surface area contributed by atoms with E-state index in [1.54, 1.807) is 20.8 Å². The van der Waals surface area contributed by atoms with E-state index in [0.29, 0.717) is 28.2 Å². The minimum absolute atomic E-state index is 0.127. The minimum atomic E-state index is -0.267. The van der Waals surface area contributed by atoms with Crippen molar-refractivity contribution in [2.24, 2.45) is 0 Å². The van der Waals surface area contributed by atoms with E-state index >= 15 is 0 Å². The Kier molecular flexibility index (Phi) is 3.51. The van der Waals surface area contributed by atoms with Crippen molar-refractivity contribution < 1.29 is 19.7 Å². The van der Waals surface area contributed by atoms with Crippen molar-refractivity contribution in [3.8, 4) is 34.5 Å². The van der Waals surface area contributed by atoms with Gasteiger partial charge in [-0.05, 0) is 20.8 Å². The SMILES string of the molecule is Cc1c(O)c(O)c(C)c2c1Oc1c(C)c(Cl)c(Cl)c(Cl)c1O2. The van der Waals surface area contributed by atoms with Gasteiger partial charge in [0.05, 0.1) is 10.0 Å². The number of fused-ring (bicyclic) bond motifs is 2. The highest BCUT2D eigenvalue weighted by Gasteiger charge is 2.32. The summed E-state index contributed by atoms with van der Waals surface area (Å²) >= 11 is 18.4. The third-order valence-electron chi connectivity index (χ3n) is 3.69. The number of benzene rings is 2. The minimum Gasteiger partial charge on any atom is -0.504 e. The molecule has 0 bridgehead atoms. The first kappa shape index (κ1) is 15.4. The smallest absolute Gasteiger partial charge is 0.190 e. The Labute approximate surface area is 141 Å². The van der Waals surface area contributed by atoms with Crippen LogP contribution in [0.3, 0.4) is 0 Å². The number of phenolic OH excluding ortho intramolecular Hbond substituents is 2. The molecular formula is C15H11Cl3O4. The number of phenols is 2. The molecule has 0 saturated heterocycles. The van der Waals surface area contributed by atoms with E-state index in [9.17, 15) is 10.2 Å². The molecule has 1 heterocycles. The van der Waals surface area contributed by atoms with Crippen LogP contribution in [0.4, 0.5) is 0 Å². The maximum atomic E-state index is 9.95. The largest absolute Gasteiger partial charge is 0.504 e. The zero-order valence-electron chi connectivity index (χ0n) is 11.8. The van der Waals surface area contributed by atoms with E-state index in [0.717, 1.165) is 0 Å². The third-order valence-corrected chi connectivity index (χ3v) is 5.10. The van der Waals surface area contributed by atoms with Crippen LogP contribution < -0.4 is 9.47 Å². The lowest BCUT2D eigenvalue weighted by molar-refractivity contribution is 0.338. The Morgan fingerprint density at radius 3 is 1.50 bits per heavy atom. The molecule has 1 aliphatic heterocycles. The average molecular weight is 362 g/mol. The standard InChI is InChI=1S/C15H11Cl3O4/c1-4-7(16)8(17)9(18)15-12(4)21-13-5(2)10(19)11(20)6(3)14(13)22-15/h19-20H,1-3H3. The Morgan fingerprint density at radius 1 is 0.591 bits per heavy atom. The Hall–Kier alpha value is -1.49. The topological polar surface area (TPSA) is 58.9 Å². The van der Waals surface area contributed by atoms with Crippen LogP contribution in [0.1, 0.15) is 16.7 Å². The predicted molar refractivity (Wildman–Crippen MR) is 85.6 cm³/mol. The summed E-state index contributed by atoms with van der Waals surface area (Å²) < 4.78 is 11.6. The van der Waals surface area contributed by atoms with Gasteiger partial charge >= 0.3 is 0 Å². The van der Waals surface area contributed by atoms with Crippen LogP contribution >= 0.6 is 34.8 Å². The van der Waals surface area contributed by atoms with E-state index in [2.05, 4.69) is 0 Å². The maximum absolute atomic E-state index is 9.95. The van der Waals surface area contributed by atoms with Crippen LogP contribution in [0, 0.1) is 20.8 Å². The van der Waals surface area contributed by atoms with Crippen molar-refractivity contribution in [3.63, 3.8) is 0 Å². The zero-order chi connectivity index (χ0) is 16.3. The van der Waals surface area contributed by atoms with E-state index in [-0.39, 0.29) is 38.1 Å². The fraction of sp³-hybridized carbons (Fsp3) is 0.200. The lowest BCUT2D eigenvalue weighted by Crippen LogP contribution is -2.05. The first-order valence-corrected chi connectivity index (χ1v) is 7.46. The van der Waals surface area contributed by atoms with Crippen molar-refractivity contribution in [2.75, 3.05) is 0 Å². The molecule has 0 fully saturated rings. The van der Waals surface area contributed by atoms with Gasteiger partial charge in [-0.15, -0.1) is 0 Å². The monoisotopic (exact) mass is 360 g/mol. The van der Waals surface area contributed by atoms with Gasteiger partial charge in [-0.1, -0.05) is 34.8 Å². The molecule has 0 saturated carbocycles. The molecule has 2 aromatic carbocycles. The highest BCUT2D eigenvalue weighted by molar-refractivity contribution is 6.49. The molecule has 116 valence electrons. The number of halogens is 3. The van der Waals surface area contributed by atoms with E-state index in [4.69, 9.17) is 44.3 Å². The first-order valence-electron chi connectivity index (χ1n) is 6.33. The van der Waals surface area contributed by atoms with Crippen molar-refractivity contribution in [3.05, 3.63) is 31.8 Å². The number of hydrogen-bond donors (Lipinski definition) is 2. The number of hydrogen-bond acceptors (Lipinski definition) is 4. The average Bonchev–Trinajstić information content (AvgIpc) is 2.52. The summed E-state index contributed by atoms with van der Waals surface area (Å²) in [6.45, 7) is 4.93. The highest BCUT2D eigenvalue weighted by Crippen LogP contribution is 2.58. The summed E-state index contributed by atoms with van der Waals surface area (Å²) in [4.78, 5) is 0. The zero-order valence-corrected chi connectivity index (χ0v) is 14.1. The van der Waals surface area contributed by atoms with Crippen molar-refractivity contribution in [2.45, 2.75) is 20.8 Å². The van der Waals surface area contributed by atoms with Gasteiger partial charge in [0.1, 0.15) is 5.02 Å². The molecule has 0 unspecified atom stereocenters. The lowest BCUT2D eigenvalue weighted by atomic mass is 10.1. The predicted octanol–water partition coefficient (Wildman–Crippen LogP) is 5.88. The number of aromatic hydroxyl groups is 2. The van der Waals surface area contributed by atoms with Crippen LogP contribution in [-0.4, -0.2) is 10.2 Å². The van der Waals surface area contributed by atoms with Crippen LogP contribution in [0.15, 0.2) is 0 Å². The third kappa shape index (κ3) is 1.91. The van der Waals surface area contributed by atoms with E-state index in [1.807, 2.05) is 0 Å². The summed E-state index contributed by atoms with van der Waals surface area (Å²) in [6, 6.07) is 0. The molecule has 1 aliphatic rings. The van der Waals surface area contributed by atoms with Crippen molar-refractivity contribution >= 4 is 34.8 Å². The second-order valence-electron chi connectivity index (χ2n) is 5.03. The molecule has 0 amide bonds. The number of rotatable bonds is 0. The molecule has 7 heteroatoms. The second-order valence-corrected chi connectivity index (χ2v) is 6.17. The molecule has 0 aliphatic carbocycles. The normalized spacial score (nSPS) is 12.3. The molecule has 0 atom stereocenters. The fourth-order valence-electron chi connectivity index (χ4n) is 2.31. The summed E-state index contributed by atoms with van der Waals surface area (Å²) in [5, 5.41) is 20.5. The van der Waals surface area contributed by atoms with Gasteiger partial charge in [0.15, 0.2) is 34.5 Å². The van der Waals surface area contributed by atoms with Gasteiger partial charge in [0.25, 0.3) is 0 Å².